The second-order valence-corrected chi connectivity index (χ2v) is 6.66. The van der Waals surface area contributed by atoms with Gasteiger partial charge in [0.2, 0.25) is 0 Å². The molecule has 3 rings (SSSR count). The maximum atomic E-state index is 4.70. The fourth-order valence-electron chi connectivity index (χ4n) is 2.80. The highest BCUT2D eigenvalue weighted by molar-refractivity contribution is 7.98. The lowest BCUT2D eigenvalue weighted by Gasteiger charge is -2.29. The Morgan fingerprint density at radius 2 is 1.81 bits per heavy atom. The van der Waals surface area contributed by atoms with E-state index in [-0.39, 0.29) is 0 Å². The van der Waals surface area contributed by atoms with Gasteiger partial charge in [-0.3, -0.25) is 4.98 Å². The lowest BCUT2D eigenvalue weighted by molar-refractivity contribution is 0.577. The molecule has 0 spiro atoms. The highest BCUT2D eigenvalue weighted by atomic mass is 32.2. The van der Waals surface area contributed by atoms with E-state index in [2.05, 4.69) is 54.3 Å². The molecule has 2 nitrogen and oxygen atoms in total. The minimum Gasteiger partial charge on any atom is -0.371 e. The molecule has 1 aliphatic rings. The third-order valence-corrected chi connectivity index (χ3v) is 4.89. The molecule has 3 heteroatoms. The van der Waals surface area contributed by atoms with Crippen LogP contribution in [0.1, 0.15) is 30.7 Å². The predicted octanol–water partition coefficient (Wildman–Crippen LogP) is 4.67. The van der Waals surface area contributed by atoms with Gasteiger partial charge in [0, 0.05) is 35.1 Å². The molecule has 1 saturated heterocycles. The first-order chi connectivity index (χ1) is 10.3. The minimum absolute atomic E-state index is 0.937. The molecular formula is C18H22N2S. The number of hydrogen-bond acceptors (Lipinski definition) is 3. The van der Waals surface area contributed by atoms with Crippen LogP contribution in [0.5, 0.6) is 0 Å². The van der Waals surface area contributed by atoms with E-state index >= 15 is 0 Å². The molecule has 21 heavy (non-hydrogen) atoms. The highest BCUT2D eigenvalue weighted by Crippen LogP contribution is 2.26. The van der Waals surface area contributed by atoms with Crippen LogP contribution in [-0.4, -0.2) is 18.1 Å². The Balaban J connectivity index is 1.71. The fourth-order valence-corrected chi connectivity index (χ4v) is 3.61. The summed E-state index contributed by atoms with van der Waals surface area (Å²) >= 11 is 1.86. The summed E-state index contributed by atoms with van der Waals surface area (Å²) in [6.07, 6.45) is 4.00. The number of hydrogen-bond donors (Lipinski definition) is 0. The average Bonchev–Trinajstić information content (AvgIpc) is 2.54. The first-order valence-electron chi connectivity index (χ1n) is 7.72. The standard InChI is InChI=1S/C18H22N2S/c1-15-12-17(20-10-6-3-7-11-20)13-16(19-15)14-21-18-8-4-2-5-9-18/h2,4-5,8-9,12-13H,3,6-7,10-11,14H2,1H3. The smallest absolute Gasteiger partial charge is 0.0530 e. The van der Waals surface area contributed by atoms with Crippen molar-refractivity contribution in [2.75, 3.05) is 18.0 Å². The molecular weight excluding hydrogens is 276 g/mol. The molecule has 110 valence electrons. The number of pyridine rings is 1. The second-order valence-electron chi connectivity index (χ2n) is 5.61. The van der Waals surface area contributed by atoms with Crippen LogP contribution in [0.4, 0.5) is 5.69 Å². The first kappa shape index (κ1) is 14.5. The quantitative estimate of drug-likeness (QED) is 0.763. The van der Waals surface area contributed by atoms with Gasteiger partial charge in [-0.1, -0.05) is 18.2 Å². The molecule has 0 amide bonds. The topological polar surface area (TPSA) is 16.1 Å². The Labute approximate surface area is 131 Å². The number of rotatable bonds is 4. The molecule has 0 aliphatic carbocycles. The monoisotopic (exact) mass is 298 g/mol. The Kier molecular flexibility index (Phi) is 4.81. The van der Waals surface area contributed by atoms with Gasteiger partial charge in [-0.25, -0.2) is 0 Å². The van der Waals surface area contributed by atoms with Crippen LogP contribution in [0, 0.1) is 6.92 Å². The van der Waals surface area contributed by atoms with Crippen LogP contribution >= 0.6 is 11.8 Å². The summed E-state index contributed by atoms with van der Waals surface area (Å²) in [7, 11) is 0. The van der Waals surface area contributed by atoms with E-state index < -0.39 is 0 Å². The number of aryl methyl sites for hydroxylation is 1. The van der Waals surface area contributed by atoms with Crippen LogP contribution in [-0.2, 0) is 5.75 Å². The van der Waals surface area contributed by atoms with Crippen LogP contribution < -0.4 is 4.90 Å². The van der Waals surface area contributed by atoms with Crippen LogP contribution in [0.2, 0.25) is 0 Å². The normalized spacial score (nSPS) is 15.2. The molecule has 0 N–H and O–H groups in total. The van der Waals surface area contributed by atoms with Crippen LogP contribution in [0.3, 0.4) is 0 Å². The van der Waals surface area contributed by atoms with Crippen molar-refractivity contribution in [3.63, 3.8) is 0 Å². The molecule has 0 bridgehead atoms. The summed E-state index contributed by atoms with van der Waals surface area (Å²) in [6.45, 7) is 4.48. The van der Waals surface area contributed by atoms with E-state index in [0.29, 0.717) is 0 Å². The van der Waals surface area contributed by atoms with E-state index in [1.54, 1.807) is 0 Å². The Bertz CT molecular complexity index is 577. The molecule has 1 aliphatic heterocycles. The Morgan fingerprint density at radius 1 is 1.05 bits per heavy atom. The van der Waals surface area contributed by atoms with Crippen LogP contribution in [0.15, 0.2) is 47.4 Å². The number of piperidine rings is 1. The van der Waals surface area contributed by atoms with Crippen molar-refractivity contribution in [1.82, 2.24) is 4.98 Å². The van der Waals surface area contributed by atoms with Gasteiger partial charge in [-0.15, -0.1) is 11.8 Å². The maximum absolute atomic E-state index is 4.70. The molecule has 1 aromatic carbocycles. The van der Waals surface area contributed by atoms with E-state index in [0.717, 1.165) is 11.4 Å². The zero-order valence-electron chi connectivity index (χ0n) is 12.6. The van der Waals surface area contributed by atoms with E-state index in [4.69, 9.17) is 4.98 Å². The molecule has 0 atom stereocenters. The SMILES string of the molecule is Cc1cc(N2CCCCC2)cc(CSc2ccccc2)n1. The van der Waals surface area contributed by atoms with Crippen molar-refractivity contribution in [1.29, 1.82) is 0 Å². The summed E-state index contributed by atoms with van der Waals surface area (Å²) in [5.74, 6) is 0.937. The molecule has 2 aromatic rings. The van der Waals surface area contributed by atoms with E-state index in [9.17, 15) is 0 Å². The van der Waals surface area contributed by atoms with Gasteiger partial charge < -0.3 is 4.90 Å². The number of benzene rings is 1. The minimum atomic E-state index is 0.937. The lowest BCUT2D eigenvalue weighted by Crippen LogP contribution is -2.29. The zero-order chi connectivity index (χ0) is 14.5. The van der Waals surface area contributed by atoms with Gasteiger partial charge in [0.15, 0.2) is 0 Å². The average molecular weight is 298 g/mol. The summed E-state index contributed by atoms with van der Waals surface area (Å²) in [5.41, 5.74) is 3.66. The highest BCUT2D eigenvalue weighted by Gasteiger charge is 2.12. The third kappa shape index (κ3) is 4.01. The Hall–Kier alpha value is -1.48. The van der Waals surface area contributed by atoms with Gasteiger partial charge in [0.1, 0.15) is 0 Å². The van der Waals surface area contributed by atoms with Crippen molar-refractivity contribution >= 4 is 17.4 Å². The maximum Gasteiger partial charge on any atom is 0.0530 e. The Morgan fingerprint density at radius 3 is 2.57 bits per heavy atom. The summed E-state index contributed by atoms with van der Waals surface area (Å²) in [5, 5.41) is 0. The largest absolute Gasteiger partial charge is 0.371 e. The van der Waals surface area contributed by atoms with E-state index in [1.807, 2.05) is 11.8 Å². The summed E-state index contributed by atoms with van der Waals surface area (Å²) in [6, 6.07) is 15.0. The first-order valence-corrected chi connectivity index (χ1v) is 8.70. The number of aromatic nitrogens is 1. The van der Waals surface area contributed by atoms with Crippen molar-refractivity contribution in [2.45, 2.75) is 36.8 Å². The lowest BCUT2D eigenvalue weighted by atomic mass is 10.1. The van der Waals surface area contributed by atoms with Gasteiger partial charge >= 0.3 is 0 Å². The predicted molar refractivity (Wildman–Crippen MR) is 91.0 cm³/mol. The van der Waals surface area contributed by atoms with Gasteiger partial charge in [0.05, 0.1) is 5.69 Å². The zero-order valence-corrected chi connectivity index (χ0v) is 13.4. The van der Waals surface area contributed by atoms with Crippen molar-refractivity contribution in [3.05, 3.63) is 53.9 Å². The van der Waals surface area contributed by atoms with Crippen molar-refractivity contribution < 1.29 is 0 Å². The van der Waals surface area contributed by atoms with Gasteiger partial charge in [-0.2, -0.15) is 0 Å². The van der Waals surface area contributed by atoms with Gasteiger partial charge in [0.25, 0.3) is 0 Å². The molecule has 2 heterocycles. The summed E-state index contributed by atoms with van der Waals surface area (Å²) < 4.78 is 0. The van der Waals surface area contributed by atoms with Crippen LogP contribution in [0.25, 0.3) is 0 Å². The van der Waals surface area contributed by atoms with Gasteiger partial charge in [-0.05, 0) is 50.5 Å². The molecule has 0 radical (unpaired) electrons. The number of anilines is 1. The summed E-state index contributed by atoms with van der Waals surface area (Å²) in [4.78, 5) is 8.51. The molecule has 1 fully saturated rings. The van der Waals surface area contributed by atoms with Crippen molar-refractivity contribution in [2.24, 2.45) is 0 Å². The fraction of sp³-hybridized carbons (Fsp3) is 0.389. The van der Waals surface area contributed by atoms with Crippen molar-refractivity contribution in [3.8, 4) is 0 Å². The second kappa shape index (κ2) is 6.99. The molecule has 0 unspecified atom stereocenters. The third-order valence-electron chi connectivity index (χ3n) is 3.84. The molecule has 0 saturated carbocycles. The molecule has 1 aromatic heterocycles. The van der Waals surface area contributed by atoms with E-state index in [1.165, 1.54) is 48.6 Å². The number of nitrogens with zero attached hydrogens (tertiary/aromatic N) is 2. The number of thioether (sulfide) groups is 1.